The van der Waals surface area contributed by atoms with Gasteiger partial charge in [0.25, 0.3) is 5.91 Å². The zero-order valence-electron chi connectivity index (χ0n) is 17.7. The number of alkyl halides is 3. The molecule has 174 valence electrons. The number of amides is 1. The lowest BCUT2D eigenvalue weighted by Crippen LogP contribution is -2.29. The first-order valence-electron chi connectivity index (χ1n) is 10.6. The molecule has 0 radical (unpaired) electrons. The second kappa shape index (κ2) is 8.54. The molecule has 0 saturated carbocycles. The smallest absolute Gasteiger partial charge is 0.337 e. The van der Waals surface area contributed by atoms with Gasteiger partial charge in [-0.05, 0) is 57.2 Å². The molecular formula is C25H18BrF4N3O. The van der Waals surface area contributed by atoms with E-state index in [1.54, 1.807) is 53.6 Å². The van der Waals surface area contributed by atoms with Crippen LogP contribution in [0.5, 0.6) is 0 Å². The van der Waals surface area contributed by atoms with E-state index in [1.165, 1.54) is 16.5 Å². The summed E-state index contributed by atoms with van der Waals surface area (Å²) in [6.07, 6.45) is -2.44. The van der Waals surface area contributed by atoms with Crippen molar-refractivity contribution in [2.45, 2.75) is 18.5 Å². The Hall–Kier alpha value is -3.20. The van der Waals surface area contributed by atoms with Crippen molar-refractivity contribution in [3.05, 3.63) is 94.1 Å². The van der Waals surface area contributed by atoms with E-state index < -0.39 is 17.6 Å². The fraction of sp³-hybridized carbons (Fsp3) is 0.200. The van der Waals surface area contributed by atoms with Gasteiger partial charge in [-0.2, -0.15) is 13.2 Å². The van der Waals surface area contributed by atoms with Crippen LogP contribution in [0.3, 0.4) is 0 Å². The van der Waals surface area contributed by atoms with Crippen LogP contribution in [-0.2, 0) is 6.18 Å². The number of imidazole rings is 1. The molecule has 1 aliphatic rings. The van der Waals surface area contributed by atoms with Gasteiger partial charge in [0.05, 0.1) is 5.56 Å². The number of pyridine rings is 1. The highest BCUT2D eigenvalue weighted by Gasteiger charge is 2.37. The van der Waals surface area contributed by atoms with E-state index in [2.05, 4.69) is 20.9 Å². The number of aromatic nitrogens is 2. The highest BCUT2D eigenvalue weighted by molar-refractivity contribution is 9.10. The minimum atomic E-state index is -4.65. The molecule has 0 spiro atoms. The molecule has 3 heterocycles. The van der Waals surface area contributed by atoms with E-state index in [1.807, 2.05) is 0 Å². The van der Waals surface area contributed by atoms with Gasteiger partial charge in [0.15, 0.2) is 11.3 Å². The van der Waals surface area contributed by atoms with Gasteiger partial charge in [0, 0.05) is 25.2 Å². The van der Waals surface area contributed by atoms with Gasteiger partial charge in [-0.25, -0.2) is 9.37 Å². The second-order valence-electron chi connectivity index (χ2n) is 8.24. The van der Waals surface area contributed by atoms with Crippen LogP contribution in [0.4, 0.5) is 17.6 Å². The number of likely N-dealkylation sites (tertiary alicyclic amines) is 1. The third-order valence-electron chi connectivity index (χ3n) is 6.09. The summed E-state index contributed by atoms with van der Waals surface area (Å²) < 4.78 is 56.5. The highest BCUT2D eigenvalue weighted by Crippen LogP contribution is 2.37. The Kier molecular flexibility index (Phi) is 5.67. The average molecular weight is 532 g/mol. The Morgan fingerprint density at radius 3 is 2.41 bits per heavy atom. The first kappa shape index (κ1) is 22.6. The summed E-state index contributed by atoms with van der Waals surface area (Å²) in [5.74, 6) is -0.760. The Morgan fingerprint density at radius 1 is 1.03 bits per heavy atom. The minimum absolute atomic E-state index is 0.0239. The summed E-state index contributed by atoms with van der Waals surface area (Å²) in [7, 11) is 0. The Morgan fingerprint density at radius 2 is 1.74 bits per heavy atom. The minimum Gasteiger partial charge on any atom is -0.337 e. The van der Waals surface area contributed by atoms with Crippen LogP contribution >= 0.6 is 15.9 Å². The molecule has 1 amide bonds. The molecule has 9 heteroatoms. The number of carbonyl (C=O) groups excluding carboxylic acids is 1. The standard InChI is InChI=1S/C25H18BrF4N3O/c26-22-21(24(34)32-11-10-17(13-32)16-6-8-19(27)9-7-16)31-23-20(25(28,29)30)12-18(14-33(22)23)15-4-2-1-3-5-15/h1-9,12,14,17H,10-11,13H2. The molecule has 2 aromatic heterocycles. The van der Waals surface area contributed by atoms with Crippen LogP contribution in [-0.4, -0.2) is 33.3 Å². The quantitative estimate of drug-likeness (QED) is 0.281. The van der Waals surface area contributed by atoms with Crippen molar-refractivity contribution in [3.8, 4) is 11.1 Å². The lowest BCUT2D eigenvalue weighted by atomic mass is 9.99. The van der Waals surface area contributed by atoms with Gasteiger partial charge in [0.2, 0.25) is 0 Å². The zero-order valence-corrected chi connectivity index (χ0v) is 19.3. The molecule has 4 aromatic rings. The topological polar surface area (TPSA) is 37.6 Å². The molecule has 2 aromatic carbocycles. The average Bonchev–Trinajstić information content (AvgIpc) is 3.44. The molecule has 34 heavy (non-hydrogen) atoms. The molecule has 1 fully saturated rings. The summed E-state index contributed by atoms with van der Waals surface area (Å²) in [4.78, 5) is 19.0. The van der Waals surface area contributed by atoms with Gasteiger partial charge in [-0.1, -0.05) is 42.5 Å². The number of nitrogens with zero attached hydrogens (tertiary/aromatic N) is 3. The molecule has 1 aliphatic heterocycles. The SMILES string of the molecule is O=C(c1nc2c(C(F)(F)F)cc(-c3ccccc3)cn2c1Br)N1CCC(c2ccc(F)cc2)C1. The molecule has 5 rings (SSSR count). The third-order valence-corrected chi connectivity index (χ3v) is 6.85. The maximum Gasteiger partial charge on any atom is 0.420 e. The number of benzene rings is 2. The van der Waals surface area contributed by atoms with Crippen molar-refractivity contribution < 1.29 is 22.4 Å². The predicted octanol–water partition coefficient (Wildman–Crippen LogP) is 6.55. The number of rotatable bonds is 3. The number of fused-ring (bicyclic) bond motifs is 1. The number of hydrogen-bond acceptors (Lipinski definition) is 2. The van der Waals surface area contributed by atoms with Crippen molar-refractivity contribution in [2.24, 2.45) is 0 Å². The summed E-state index contributed by atoms with van der Waals surface area (Å²) in [6.45, 7) is 0.814. The molecule has 0 N–H and O–H groups in total. The lowest BCUT2D eigenvalue weighted by molar-refractivity contribution is -0.136. The number of halogens is 5. The monoisotopic (exact) mass is 531 g/mol. The van der Waals surface area contributed by atoms with E-state index in [-0.39, 0.29) is 27.7 Å². The Balaban J connectivity index is 1.52. The molecule has 4 nitrogen and oxygen atoms in total. The lowest BCUT2D eigenvalue weighted by Gasteiger charge is -2.15. The summed E-state index contributed by atoms with van der Waals surface area (Å²) in [5, 5.41) is 0. The summed E-state index contributed by atoms with van der Waals surface area (Å²) in [5.41, 5.74) is 0.559. The highest BCUT2D eigenvalue weighted by atomic mass is 79.9. The van der Waals surface area contributed by atoms with E-state index >= 15 is 0 Å². The van der Waals surface area contributed by atoms with Gasteiger partial charge >= 0.3 is 6.18 Å². The van der Waals surface area contributed by atoms with Crippen LogP contribution in [0.1, 0.15) is 34.0 Å². The van der Waals surface area contributed by atoms with Gasteiger partial charge in [0.1, 0.15) is 10.4 Å². The molecular weight excluding hydrogens is 514 g/mol. The van der Waals surface area contributed by atoms with Crippen LogP contribution in [0, 0.1) is 5.82 Å². The second-order valence-corrected chi connectivity index (χ2v) is 8.99. The molecule has 1 atom stereocenters. The fourth-order valence-corrected chi connectivity index (χ4v) is 4.88. The van der Waals surface area contributed by atoms with Crippen molar-refractivity contribution >= 4 is 27.5 Å². The van der Waals surface area contributed by atoms with Crippen molar-refractivity contribution in [1.29, 1.82) is 0 Å². The number of carbonyl (C=O) groups is 1. The summed E-state index contributed by atoms with van der Waals surface area (Å²) >= 11 is 3.32. The molecule has 0 aliphatic carbocycles. The van der Waals surface area contributed by atoms with E-state index in [0.717, 1.165) is 11.6 Å². The molecule has 1 unspecified atom stereocenters. The molecule has 0 bridgehead atoms. The van der Waals surface area contributed by atoms with Crippen molar-refractivity contribution in [1.82, 2.24) is 14.3 Å². The van der Waals surface area contributed by atoms with Crippen LogP contribution < -0.4 is 0 Å². The fourth-order valence-electron chi connectivity index (χ4n) is 4.35. The first-order chi connectivity index (χ1) is 16.2. The summed E-state index contributed by atoms with van der Waals surface area (Å²) in [6, 6.07) is 15.9. The zero-order chi connectivity index (χ0) is 24.0. The van der Waals surface area contributed by atoms with Gasteiger partial charge < -0.3 is 4.90 Å². The van der Waals surface area contributed by atoms with Crippen LogP contribution in [0.25, 0.3) is 16.8 Å². The number of hydrogen-bond donors (Lipinski definition) is 0. The van der Waals surface area contributed by atoms with Crippen LogP contribution in [0.2, 0.25) is 0 Å². The third kappa shape index (κ3) is 4.09. The van der Waals surface area contributed by atoms with Crippen LogP contribution in [0.15, 0.2) is 71.5 Å². The van der Waals surface area contributed by atoms with E-state index in [4.69, 9.17) is 0 Å². The van der Waals surface area contributed by atoms with Gasteiger partial charge in [-0.15, -0.1) is 0 Å². The Bertz CT molecular complexity index is 1370. The maximum absolute atomic E-state index is 13.9. The van der Waals surface area contributed by atoms with E-state index in [0.29, 0.717) is 30.6 Å². The first-order valence-corrected chi connectivity index (χ1v) is 11.4. The van der Waals surface area contributed by atoms with Crippen molar-refractivity contribution in [2.75, 3.05) is 13.1 Å². The normalized spacial score (nSPS) is 16.4. The van der Waals surface area contributed by atoms with Gasteiger partial charge in [-0.3, -0.25) is 9.20 Å². The largest absolute Gasteiger partial charge is 0.420 e. The van der Waals surface area contributed by atoms with Crippen molar-refractivity contribution in [3.63, 3.8) is 0 Å². The Labute approximate surface area is 201 Å². The predicted molar refractivity (Wildman–Crippen MR) is 123 cm³/mol. The molecule has 1 saturated heterocycles. The van der Waals surface area contributed by atoms with E-state index in [9.17, 15) is 22.4 Å². The maximum atomic E-state index is 13.9.